The first-order valence-corrected chi connectivity index (χ1v) is 6.64. The van der Waals surface area contributed by atoms with Crippen LogP contribution in [0, 0.1) is 0 Å². The first-order valence-electron chi connectivity index (χ1n) is 6.64. The number of hydrogen-bond donors (Lipinski definition) is 2. The smallest absolute Gasteiger partial charge is 0.358 e. The molecule has 1 aliphatic carbocycles. The fourth-order valence-corrected chi connectivity index (χ4v) is 2.76. The molecule has 0 saturated carbocycles. The summed E-state index contributed by atoms with van der Waals surface area (Å²) in [5.74, 6) is -0.667. The van der Waals surface area contributed by atoms with E-state index in [2.05, 4.69) is 22.4 Å². The molecule has 1 aromatic heterocycles. The van der Waals surface area contributed by atoms with Crippen LogP contribution >= 0.6 is 0 Å². The van der Waals surface area contributed by atoms with Gasteiger partial charge in [-0.2, -0.15) is 0 Å². The van der Waals surface area contributed by atoms with Gasteiger partial charge in [0.2, 0.25) is 0 Å². The highest BCUT2D eigenvalue weighted by Gasteiger charge is 2.28. The minimum Gasteiger partial charge on any atom is -0.476 e. The summed E-state index contributed by atoms with van der Waals surface area (Å²) in [6, 6.07) is 8.29. The van der Waals surface area contributed by atoms with Crippen molar-refractivity contribution in [2.75, 3.05) is 6.54 Å². The van der Waals surface area contributed by atoms with Gasteiger partial charge >= 0.3 is 5.97 Å². The van der Waals surface area contributed by atoms with Crippen molar-refractivity contribution in [2.45, 2.75) is 25.3 Å². The molecule has 1 heterocycles. The van der Waals surface area contributed by atoms with E-state index in [1.165, 1.54) is 11.1 Å². The van der Waals surface area contributed by atoms with E-state index in [1.54, 1.807) is 4.68 Å². The third-order valence-corrected chi connectivity index (χ3v) is 3.78. The number of rotatable bonds is 5. The Balaban J connectivity index is 1.84. The Morgan fingerprint density at radius 1 is 1.45 bits per heavy atom. The average Bonchev–Trinajstić information content (AvgIpc) is 2.80. The highest BCUT2D eigenvalue weighted by Crippen LogP contribution is 2.36. The molecule has 0 fully saturated rings. The van der Waals surface area contributed by atoms with Gasteiger partial charge in [-0.3, -0.25) is 0 Å². The highest BCUT2D eigenvalue weighted by molar-refractivity contribution is 5.86. The molecule has 3 N–H and O–H groups in total. The quantitative estimate of drug-likeness (QED) is 0.840. The van der Waals surface area contributed by atoms with Crippen LogP contribution in [0.3, 0.4) is 0 Å². The Morgan fingerprint density at radius 3 is 2.95 bits per heavy atom. The minimum absolute atomic E-state index is 0.0167. The summed E-state index contributed by atoms with van der Waals surface area (Å²) in [7, 11) is 0. The molecule has 0 amide bonds. The van der Waals surface area contributed by atoms with Crippen LogP contribution < -0.4 is 5.73 Å². The summed E-state index contributed by atoms with van der Waals surface area (Å²) < 4.78 is 1.69. The number of aromatic nitrogens is 3. The number of nitrogens with zero attached hydrogens (tertiary/aromatic N) is 3. The normalized spacial score (nSPS) is 16.6. The lowest BCUT2D eigenvalue weighted by Gasteiger charge is -2.30. The van der Waals surface area contributed by atoms with Gasteiger partial charge in [-0.1, -0.05) is 29.5 Å². The van der Waals surface area contributed by atoms with Gasteiger partial charge in [-0.25, -0.2) is 9.48 Å². The topological polar surface area (TPSA) is 94.0 Å². The summed E-state index contributed by atoms with van der Waals surface area (Å²) in [4.78, 5) is 11.1. The number of aromatic carboxylic acids is 1. The number of hydrogen-bond acceptors (Lipinski definition) is 4. The van der Waals surface area contributed by atoms with E-state index in [0.717, 1.165) is 6.42 Å². The molecular formula is C14H16N4O2. The summed E-state index contributed by atoms with van der Waals surface area (Å²) >= 11 is 0. The molecule has 1 unspecified atom stereocenters. The van der Waals surface area contributed by atoms with Crippen LogP contribution in [0.25, 0.3) is 0 Å². The van der Waals surface area contributed by atoms with Gasteiger partial charge in [-0.05, 0) is 24.1 Å². The molecule has 0 bridgehead atoms. The molecule has 104 valence electrons. The van der Waals surface area contributed by atoms with Crippen molar-refractivity contribution in [2.24, 2.45) is 5.73 Å². The monoisotopic (exact) mass is 272 g/mol. The lowest BCUT2D eigenvalue weighted by atomic mass is 9.77. The molecule has 6 heteroatoms. The first-order chi connectivity index (χ1) is 9.70. The third kappa shape index (κ3) is 2.08. The first kappa shape index (κ1) is 12.8. The molecule has 0 aliphatic heterocycles. The van der Waals surface area contributed by atoms with Gasteiger partial charge in [0.15, 0.2) is 5.69 Å². The fourth-order valence-electron chi connectivity index (χ4n) is 2.76. The zero-order valence-electron chi connectivity index (χ0n) is 11.0. The summed E-state index contributed by atoms with van der Waals surface area (Å²) in [5.41, 5.74) is 8.86. The van der Waals surface area contributed by atoms with Crippen LogP contribution in [0.4, 0.5) is 0 Å². The molecule has 0 saturated heterocycles. The third-order valence-electron chi connectivity index (χ3n) is 3.78. The number of carboxylic acids is 1. The predicted octanol–water partition coefficient (Wildman–Crippen LogP) is 0.817. The van der Waals surface area contributed by atoms with Crippen LogP contribution in [0.15, 0.2) is 24.3 Å². The second-order valence-corrected chi connectivity index (χ2v) is 5.01. The lowest BCUT2D eigenvalue weighted by Crippen LogP contribution is -2.24. The maximum absolute atomic E-state index is 11.1. The standard InChI is InChI=1S/C14H16N4O2/c15-6-5-12-13(14(19)20)16-17-18(12)8-10-7-9-3-1-2-4-11(9)10/h1-4,10H,5-8,15H2,(H,19,20). The summed E-state index contributed by atoms with van der Waals surface area (Å²) in [6.07, 6.45) is 1.48. The van der Waals surface area contributed by atoms with Gasteiger partial charge in [0.05, 0.1) is 12.2 Å². The van der Waals surface area contributed by atoms with Crippen LogP contribution in [0.5, 0.6) is 0 Å². The maximum atomic E-state index is 11.1. The van der Waals surface area contributed by atoms with Crippen molar-refractivity contribution < 1.29 is 9.90 Å². The summed E-state index contributed by atoms with van der Waals surface area (Å²) in [5, 5.41) is 16.9. The Kier molecular flexibility index (Phi) is 3.23. The van der Waals surface area contributed by atoms with E-state index in [-0.39, 0.29) is 5.69 Å². The fraction of sp³-hybridized carbons (Fsp3) is 0.357. The molecule has 2 aromatic rings. The largest absolute Gasteiger partial charge is 0.476 e. The maximum Gasteiger partial charge on any atom is 0.358 e. The van der Waals surface area contributed by atoms with Crippen molar-refractivity contribution in [3.8, 4) is 0 Å². The zero-order chi connectivity index (χ0) is 14.1. The highest BCUT2D eigenvalue weighted by atomic mass is 16.4. The predicted molar refractivity (Wildman–Crippen MR) is 72.6 cm³/mol. The molecule has 1 aromatic carbocycles. The molecular weight excluding hydrogens is 256 g/mol. The zero-order valence-corrected chi connectivity index (χ0v) is 11.0. The van der Waals surface area contributed by atoms with E-state index >= 15 is 0 Å². The van der Waals surface area contributed by atoms with Crippen LogP contribution in [-0.2, 0) is 19.4 Å². The molecule has 3 rings (SSSR count). The molecule has 0 radical (unpaired) electrons. The molecule has 0 spiro atoms. The second kappa shape index (κ2) is 5.05. The van der Waals surface area contributed by atoms with Crippen molar-refractivity contribution in [1.82, 2.24) is 15.0 Å². The number of carbonyl (C=O) groups is 1. The Morgan fingerprint density at radius 2 is 2.25 bits per heavy atom. The number of fused-ring (bicyclic) bond motifs is 1. The molecule has 6 nitrogen and oxygen atoms in total. The number of benzene rings is 1. The Labute approximate surface area is 116 Å². The van der Waals surface area contributed by atoms with Crippen molar-refractivity contribution in [3.63, 3.8) is 0 Å². The van der Waals surface area contributed by atoms with Gasteiger partial charge in [0, 0.05) is 12.3 Å². The Bertz CT molecular complexity index is 650. The van der Waals surface area contributed by atoms with Crippen LogP contribution in [-0.4, -0.2) is 32.6 Å². The average molecular weight is 272 g/mol. The Hall–Kier alpha value is -2.21. The van der Waals surface area contributed by atoms with Crippen molar-refractivity contribution in [1.29, 1.82) is 0 Å². The van der Waals surface area contributed by atoms with E-state index < -0.39 is 5.97 Å². The van der Waals surface area contributed by atoms with Gasteiger partial charge < -0.3 is 10.8 Å². The van der Waals surface area contributed by atoms with Crippen molar-refractivity contribution in [3.05, 3.63) is 46.8 Å². The van der Waals surface area contributed by atoms with Crippen molar-refractivity contribution >= 4 is 5.97 Å². The van der Waals surface area contributed by atoms with Gasteiger partial charge in [0.1, 0.15) is 0 Å². The number of nitrogens with two attached hydrogens (primary N) is 1. The van der Waals surface area contributed by atoms with E-state index in [0.29, 0.717) is 31.1 Å². The van der Waals surface area contributed by atoms with E-state index in [1.807, 2.05) is 12.1 Å². The van der Waals surface area contributed by atoms with Crippen LogP contribution in [0.2, 0.25) is 0 Å². The summed E-state index contributed by atoms with van der Waals surface area (Å²) in [6.45, 7) is 1.04. The molecule has 20 heavy (non-hydrogen) atoms. The second-order valence-electron chi connectivity index (χ2n) is 5.01. The van der Waals surface area contributed by atoms with Crippen LogP contribution in [0.1, 0.15) is 33.2 Å². The van der Waals surface area contributed by atoms with E-state index in [4.69, 9.17) is 10.8 Å². The molecule has 1 aliphatic rings. The minimum atomic E-state index is -1.05. The van der Waals surface area contributed by atoms with E-state index in [9.17, 15) is 4.79 Å². The van der Waals surface area contributed by atoms with Gasteiger partial charge in [-0.15, -0.1) is 5.10 Å². The van der Waals surface area contributed by atoms with Gasteiger partial charge in [0.25, 0.3) is 0 Å². The number of carboxylic acid groups (broad SMARTS) is 1. The lowest BCUT2D eigenvalue weighted by molar-refractivity contribution is 0.0689. The molecule has 1 atom stereocenters. The SMILES string of the molecule is NCCc1c(C(=O)O)nnn1CC1Cc2ccccc21.